The molecule has 3 nitrogen and oxygen atoms in total. The lowest BCUT2D eigenvalue weighted by molar-refractivity contribution is 0.475. The van der Waals surface area contributed by atoms with Crippen molar-refractivity contribution in [3.8, 4) is 0 Å². The molecule has 98 valence electrons. The van der Waals surface area contributed by atoms with Gasteiger partial charge in [-0.25, -0.2) is 0 Å². The van der Waals surface area contributed by atoms with E-state index in [0.29, 0.717) is 5.92 Å². The van der Waals surface area contributed by atoms with Gasteiger partial charge in [-0.1, -0.05) is 24.3 Å². The number of pyridine rings is 1. The van der Waals surface area contributed by atoms with Crippen molar-refractivity contribution in [2.24, 2.45) is 5.73 Å². The van der Waals surface area contributed by atoms with Crippen LogP contribution < -0.4 is 11.5 Å². The van der Waals surface area contributed by atoms with E-state index in [1.54, 1.807) is 12.4 Å². The molecular weight excluding hydrogens is 234 g/mol. The van der Waals surface area contributed by atoms with Gasteiger partial charge >= 0.3 is 0 Å². The fourth-order valence-electron chi connectivity index (χ4n) is 3.08. The molecular formula is C16H19N3. The van der Waals surface area contributed by atoms with E-state index < -0.39 is 0 Å². The average molecular weight is 253 g/mol. The maximum absolute atomic E-state index is 6.47. The standard InChI is InChI=1S/C16H19N3/c17-15-8-9-19-10-14(15)16(18)13-7-3-5-11-4-1-2-6-12(11)13/h1-2,4,6,8-10,13,16H,3,5,7,18H2,(H2,17,19). The second kappa shape index (κ2) is 5.02. The van der Waals surface area contributed by atoms with Gasteiger partial charge in [0, 0.05) is 35.6 Å². The predicted molar refractivity (Wildman–Crippen MR) is 77.7 cm³/mol. The van der Waals surface area contributed by atoms with Crippen molar-refractivity contribution >= 4 is 5.69 Å². The first-order valence-electron chi connectivity index (χ1n) is 6.80. The van der Waals surface area contributed by atoms with Crippen LogP contribution in [0.5, 0.6) is 0 Å². The smallest absolute Gasteiger partial charge is 0.0400 e. The molecule has 0 fully saturated rings. The third kappa shape index (κ3) is 2.22. The molecule has 2 unspecified atom stereocenters. The van der Waals surface area contributed by atoms with Crippen LogP contribution in [-0.4, -0.2) is 4.98 Å². The molecule has 0 amide bonds. The molecule has 2 aromatic rings. The Bertz CT molecular complexity index is 580. The molecule has 0 saturated carbocycles. The Morgan fingerprint density at radius 3 is 2.89 bits per heavy atom. The van der Waals surface area contributed by atoms with Crippen molar-refractivity contribution in [3.05, 3.63) is 59.4 Å². The van der Waals surface area contributed by atoms with Crippen LogP contribution in [0.4, 0.5) is 5.69 Å². The van der Waals surface area contributed by atoms with E-state index in [4.69, 9.17) is 11.5 Å². The first kappa shape index (κ1) is 12.2. The van der Waals surface area contributed by atoms with Crippen molar-refractivity contribution in [2.45, 2.75) is 31.2 Å². The monoisotopic (exact) mass is 253 g/mol. The van der Waals surface area contributed by atoms with Gasteiger partial charge in [-0.15, -0.1) is 0 Å². The lowest BCUT2D eigenvalue weighted by Gasteiger charge is -2.30. The van der Waals surface area contributed by atoms with Crippen LogP contribution in [0.15, 0.2) is 42.7 Å². The number of anilines is 1. The minimum Gasteiger partial charge on any atom is -0.398 e. The molecule has 19 heavy (non-hydrogen) atoms. The molecule has 1 aromatic heterocycles. The highest BCUT2D eigenvalue weighted by molar-refractivity contribution is 5.48. The van der Waals surface area contributed by atoms with Gasteiger partial charge in [-0.2, -0.15) is 0 Å². The highest BCUT2D eigenvalue weighted by Crippen LogP contribution is 2.39. The van der Waals surface area contributed by atoms with E-state index in [2.05, 4.69) is 29.2 Å². The molecule has 1 aliphatic rings. The number of aryl methyl sites for hydroxylation is 1. The summed E-state index contributed by atoms with van der Waals surface area (Å²) in [5, 5.41) is 0. The number of hydrogen-bond acceptors (Lipinski definition) is 3. The van der Waals surface area contributed by atoms with E-state index in [9.17, 15) is 0 Å². The first-order valence-corrected chi connectivity index (χ1v) is 6.80. The zero-order chi connectivity index (χ0) is 13.2. The SMILES string of the molecule is Nc1ccncc1C(N)C1CCCc2ccccc21. The van der Waals surface area contributed by atoms with Gasteiger partial charge < -0.3 is 11.5 Å². The van der Waals surface area contributed by atoms with Crippen LogP contribution in [0, 0.1) is 0 Å². The molecule has 0 aliphatic heterocycles. The van der Waals surface area contributed by atoms with Gasteiger partial charge in [0.2, 0.25) is 0 Å². The molecule has 1 aromatic carbocycles. The minimum atomic E-state index is -0.0739. The summed E-state index contributed by atoms with van der Waals surface area (Å²) >= 11 is 0. The summed E-state index contributed by atoms with van der Waals surface area (Å²) in [5.74, 6) is 0.344. The zero-order valence-electron chi connectivity index (χ0n) is 10.9. The van der Waals surface area contributed by atoms with Crippen LogP contribution in [-0.2, 0) is 6.42 Å². The fraction of sp³-hybridized carbons (Fsp3) is 0.312. The Morgan fingerprint density at radius 2 is 2.05 bits per heavy atom. The third-order valence-electron chi connectivity index (χ3n) is 4.10. The molecule has 0 bridgehead atoms. The summed E-state index contributed by atoms with van der Waals surface area (Å²) in [5.41, 5.74) is 17.0. The number of fused-ring (bicyclic) bond motifs is 1. The van der Waals surface area contributed by atoms with Gasteiger partial charge in [0.25, 0.3) is 0 Å². The van der Waals surface area contributed by atoms with Crippen molar-refractivity contribution in [1.29, 1.82) is 0 Å². The topological polar surface area (TPSA) is 64.9 Å². The predicted octanol–water partition coefficient (Wildman–Crippen LogP) is 2.78. The van der Waals surface area contributed by atoms with Crippen LogP contribution in [0.2, 0.25) is 0 Å². The van der Waals surface area contributed by atoms with Crippen molar-refractivity contribution in [3.63, 3.8) is 0 Å². The number of aromatic nitrogens is 1. The van der Waals surface area contributed by atoms with Crippen molar-refractivity contribution in [2.75, 3.05) is 5.73 Å². The zero-order valence-corrected chi connectivity index (χ0v) is 10.9. The first-order chi connectivity index (χ1) is 9.27. The number of hydrogen-bond donors (Lipinski definition) is 2. The Hall–Kier alpha value is -1.87. The van der Waals surface area contributed by atoms with Crippen molar-refractivity contribution < 1.29 is 0 Å². The van der Waals surface area contributed by atoms with E-state index in [1.807, 2.05) is 6.07 Å². The largest absolute Gasteiger partial charge is 0.398 e. The van der Waals surface area contributed by atoms with Crippen LogP contribution in [0.3, 0.4) is 0 Å². The second-order valence-corrected chi connectivity index (χ2v) is 5.23. The summed E-state index contributed by atoms with van der Waals surface area (Å²) in [4.78, 5) is 4.16. The van der Waals surface area contributed by atoms with E-state index >= 15 is 0 Å². The average Bonchev–Trinajstić information content (AvgIpc) is 2.46. The van der Waals surface area contributed by atoms with Gasteiger partial charge in [0.15, 0.2) is 0 Å². The Morgan fingerprint density at radius 1 is 1.21 bits per heavy atom. The molecule has 2 atom stereocenters. The molecule has 1 aliphatic carbocycles. The maximum Gasteiger partial charge on any atom is 0.0400 e. The number of nitrogens with zero attached hydrogens (tertiary/aromatic N) is 1. The molecule has 3 heteroatoms. The summed E-state index contributed by atoms with van der Waals surface area (Å²) in [6.45, 7) is 0. The highest BCUT2D eigenvalue weighted by Gasteiger charge is 2.27. The van der Waals surface area contributed by atoms with Crippen LogP contribution >= 0.6 is 0 Å². The summed E-state index contributed by atoms with van der Waals surface area (Å²) in [7, 11) is 0. The van der Waals surface area contributed by atoms with Gasteiger partial charge in [-0.3, -0.25) is 4.98 Å². The van der Waals surface area contributed by atoms with E-state index in [1.165, 1.54) is 17.5 Å². The van der Waals surface area contributed by atoms with Gasteiger partial charge in [-0.05, 0) is 36.5 Å². The third-order valence-corrected chi connectivity index (χ3v) is 4.10. The minimum absolute atomic E-state index is 0.0739. The van der Waals surface area contributed by atoms with Gasteiger partial charge in [0.05, 0.1) is 0 Å². The van der Waals surface area contributed by atoms with E-state index in [0.717, 1.165) is 24.1 Å². The van der Waals surface area contributed by atoms with E-state index in [-0.39, 0.29) is 6.04 Å². The van der Waals surface area contributed by atoms with Crippen molar-refractivity contribution in [1.82, 2.24) is 4.98 Å². The Labute approximate surface area is 113 Å². The quantitative estimate of drug-likeness (QED) is 0.865. The summed E-state index contributed by atoms with van der Waals surface area (Å²) < 4.78 is 0. The number of rotatable bonds is 2. The molecule has 3 rings (SSSR count). The Balaban J connectivity index is 1.98. The van der Waals surface area contributed by atoms with Crippen LogP contribution in [0.1, 0.15) is 41.5 Å². The molecule has 4 N–H and O–H groups in total. The fourth-order valence-corrected chi connectivity index (χ4v) is 3.08. The Kier molecular flexibility index (Phi) is 3.22. The normalized spacial score (nSPS) is 19.7. The number of nitrogen functional groups attached to an aromatic ring is 1. The van der Waals surface area contributed by atoms with Gasteiger partial charge in [0.1, 0.15) is 0 Å². The highest BCUT2D eigenvalue weighted by atomic mass is 14.7. The summed E-state index contributed by atoms with van der Waals surface area (Å²) in [6, 6.07) is 10.4. The molecule has 0 saturated heterocycles. The number of nitrogens with two attached hydrogens (primary N) is 2. The lowest BCUT2D eigenvalue weighted by atomic mass is 9.77. The van der Waals surface area contributed by atoms with Crippen LogP contribution in [0.25, 0.3) is 0 Å². The summed E-state index contributed by atoms with van der Waals surface area (Å²) in [6.07, 6.45) is 6.97. The lowest BCUT2D eigenvalue weighted by Crippen LogP contribution is -2.24. The molecule has 1 heterocycles. The number of benzene rings is 1. The second-order valence-electron chi connectivity index (χ2n) is 5.23. The molecule has 0 spiro atoms. The molecule has 0 radical (unpaired) electrons. The maximum atomic E-state index is 6.47.